The van der Waals surface area contributed by atoms with E-state index in [1.165, 1.54) is 10.9 Å². The summed E-state index contributed by atoms with van der Waals surface area (Å²) in [7, 11) is 3.13. The van der Waals surface area contributed by atoms with Gasteiger partial charge in [0, 0.05) is 18.2 Å². The van der Waals surface area contributed by atoms with Crippen molar-refractivity contribution in [3.63, 3.8) is 0 Å². The van der Waals surface area contributed by atoms with Crippen LogP contribution in [0.3, 0.4) is 0 Å². The van der Waals surface area contributed by atoms with Crippen LogP contribution in [-0.4, -0.2) is 41.0 Å². The van der Waals surface area contributed by atoms with Crippen LogP contribution < -0.4 is 14.8 Å². The molecule has 0 aliphatic heterocycles. The molecule has 8 nitrogen and oxygen atoms in total. The van der Waals surface area contributed by atoms with Crippen molar-refractivity contribution in [1.82, 2.24) is 9.78 Å². The lowest BCUT2D eigenvalue weighted by atomic mass is 10.00. The monoisotopic (exact) mass is 347 g/mol. The summed E-state index contributed by atoms with van der Waals surface area (Å²) in [5, 5.41) is 15.4. The molecule has 1 atom stereocenters. The van der Waals surface area contributed by atoms with Crippen molar-refractivity contribution in [2.75, 3.05) is 19.5 Å². The minimum Gasteiger partial charge on any atom is -0.493 e. The van der Waals surface area contributed by atoms with Crippen LogP contribution in [0.15, 0.2) is 30.5 Å². The van der Waals surface area contributed by atoms with E-state index in [0.29, 0.717) is 23.7 Å². The molecule has 2 rings (SSSR count). The second-order valence-corrected chi connectivity index (χ2v) is 5.58. The molecule has 8 heteroatoms. The van der Waals surface area contributed by atoms with Gasteiger partial charge in [-0.25, -0.2) is 0 Å². The molecule has 2 aromatic rings. The van der Waals surface area contributed by atoms with Crippen molar-refractivity contribution in [3.05, 3.63) is 36.0 Å². The Balaban J connectivity index is 1.98. The minimum atomic E-state index is -0.997. The van der Waals surface area contributed by atoms with Crippen LogP contribution in [0.1, 0.15) is 12.5 Å². The van der Waals surface area contributed by atoms with Crippen LogP contribution in [0.4, 0.5) is 5.82 Å². The molecule has 0 aliphatic rings. The number of nitrogens with one attached hydrogen (secondary N) is 1. The average Bonchev–Trinajstić information content (AvgIpc) is 3.00. The number of anilines is 1. The number of carboxylic acids is 1. The molecular formula is C17H21N3O5. The molecule has 0 saturated heterocycles. The van der Waals surface area contributed by atoms with Crippen LogP contribution in [0.2, 0.25) is 0 Å². The van der Waals surface area contributed by atoms with Crippen molar-refractivity contribution >= 4 is 17.7 Å². The molecule has 1 aromatic carbocycles. The fraction of sp³-hybridized carbons (Fsp3) is 0.353. The topological polar surface area (TPSA) is 103 Å². The molecule has 0 fully saturated rings. The van der Waals surface area contributed by atoms with Crippen molar-refractivity contribution in [1.29, 1.82) is 0 Å². The van der Waals surface area contributed by atoms with Crippen molar-refractivity contribution in [3.8, 4) is 11.5 Å². The fourth-order valence-corrected chi connectivity index (χ4v) is 2.36. The standard InChI is InChI=1S/C17H21N3O5/c1-11(8-12-4-5-13(24-2)14(9-12)25-3)17(23)18-15-6-7-20(19-15)10-16(21)22/h4-7,9,11H,8,10H2,1-3H3,(H,21,22)(H,18,19,23). The molecule has 0 aliphatic carbocycles. The second kappa shape index (κ2) is 8.18. The molecule has 25 heavy (non-hydrogen) atoms. The normalized spacial score (nSPS) is 11.6. The Bertz CT molecular complexity index is 756. The van der Waals surface area contributed by atoms with Crippen LogP contribution >= 0.6 is 0 Å². The number of nitrogens with zero attached hydrogens (tertiary/aromatic N) is 2. The summed E-state index contributed by atoms with van der Waals surface area (Å²) in [5.41, 5.74) is 0.941. The van der Waals surface area contributed by atoms with E-state index in [9.17, 15) is 9.59 Å². The summed E-state index contributed by atoms with van der Waals surface area (Å²) < 4.78 is 11.7. The predicted molar refractivity (Wildman–Crippen MR) is 90.9 cm³/mol. The summed E-state index contributed by atoms with van der Waals surface area (Å²) in [4.78, 5) is 22.9. The molecule has 0 spiro atoms. The average molecular weight is 347 g/mol. The van der Waals surface area contributed by atoms with Gasteiger partial charge in [0.1, 0.15) is 6.54 Å². The summed E-state index contributed by atoms with van der Waals surface area (Å²) in [6.07, 6.45) is 2.02. The minimum absolute atomic E-state index is 0.199. The maximum absolute atomic E-state index is 12.3. The van der Waals surface area contributed by atoms with Gasteiger partial charge in [0.15, 0.2) is 17.3 Å². The van der Waals surface area contributed by atoms with E-state index in [0.717, 1.165) is 5.56 Å². The summed E-state index contributed by atoms with van der Waals surface area (Å²) in [6, 6.07) is 7.08. The van der Waals surface area contributed by atoms with E-state index in [4.69, 9.17) is 14.6 Å². The number of hydrogen-bond acceptors (Lipinski definition) is 5. The first-order chi connectivity index (χ1) is 11.9. The van der Waals surface area contributed by atoms with Crippen molar-refractivity contribution in [2.45, 2.75) is 19.9 Å². The lowest BCUT2D eigenvalue weighted by molar-refractivity contribution is -0.137. The van der Waals surface area contributed by atoms with Gasteiger partial charge in [0.25, 0.3) is 0 Å². The van der Waals surface area contributed by atoms with Gasteiger partial charge < -0.3 is 19.9 Å². The number of amides is 1. The Morgan fingerprint density at radius 1 is 1.24 bits per heavy atom. The van der Waals surface area contributed by atoms with Crippen molar-refractivity contribution in [2.24, 2.45) is 5.92 Å². The molecule has 1 amide bonds. The van der Waals surface area contributed by atoms with E-state index in [-0.39, 0.29) is 18.4 Å². The number of hydrogen-bond donors (Lipinski definition) is 2. The number of aliphatic carboxylic acids is 1. The van der Waals surface area contributed by atoms with Gasteiger partial charge in [-0.2, -0.15) is 5.10 Å². The summed E-state index contributed by atoms with van der Waals surface area (Å²) in [5.74, 6) is 0.0682. The van der Waals surface area contributed by atoms with Gasteiger partial charge >= 0.3 is 5.97 Å². The highest BCUT2D eigenvalue weighted by Gasteiger charge is 2.16. The largest absolute Gasteiger partial charge is 0.493 e. The van der Waals surface area contributed by atoms with Crippen LogP contribution in [0, 0.1) is 5.92 Å². The van der Waals surface area contributed by atoms with Gasteiger partial charge in [0.2, 0.25) is 5.91 Å². The third-order valence-electron chi connectivity index (χ3n) is 3.63. The van der Waals surface area contributed by atoms with Crippen LogP contribution in [-0.2, 0) is 22.6 Å². The molecule has 0 radical (unpaired) electrons. The van der Waals surface area contributed by atoms with E-state index in [1.54, 1.807) is 33.3 Å². The van der Waals surface area contributed by atoms with Gasteiger partial charge in [0.05, 0.1) is 14.2 Å². The molecule has 1 unspecified atom stereocenters. The van der Waals surface area contributed by atoms with E-state index < -0.39 is 5.97 Å². The predicted octanol–water partition coefficient (Wildman–Crippen LogP) is 1.80. The number of rotatable bonds is 8. The third kappa shape index (κ3) is 4.97. The lowest BCUT2D eigenvalue weighted by Crippen LogP contribution is -2.22. The lowest BCUT2D eigenvalue weighted by Gasteiger charge is -2.13. The number of carbonyl (C=O) groups excluding carboxylic acids is 1. The number of carboxylic acid groups (broad SMARTS) is 1. The third-order valence-corrected chi connectivity index (χ3v) is 3.63. The van der Waals surface area contributed by atoms with Crippen molar-refractivity contribution < 1.29 is 24.2 Å². The Hall–Kier alpha value is -3.03. The highest BCUT2D eigenvalue weighted by molar-refractivity contribution is 5.91. The zero-order chi connectivity index (χ0) is 18.4. The van der Waals surface area contributed by atoms with E-state index in [2.05, 4.69) is 10.4 Å². The molecule has 134 valence electrons. The SMILES string of the molecule is COc1ccc(CC(C)C(=O)Nc2ccn(CC(=O)O)n2)cc1OC. The highest BCUT2D eigenvalue weighted by atomic mass is 16.5. The first kappa shape index (κ1) is 18.3. The Labute approximate surface area is 145 Å². The maximum atomic E-state index is 12.3. The Morgan fingerprint density at radius 2 is 1.96 bits per heavy atom. The molecular weight excluding hydrogens is 326 g/mol. The zero-order valence-corrected chi connectivity index (χ0v) is 14.4. The number of benzene rings is 1. The van der Waals surface area contributed by atoms with Crippen LogP contribution in [0.5, 0.6) is 11.5 Å². The Morgan fingerprint density at radius 3 is 2.60 bits per heavy atom. The fourth-order valence-electron chi connectivity index (χ4n) is 2.36. The first-order valence-corrected chi connectivity index (χ1v) is 7.70. The molecule has 1 heterocycles. The number of aromatic nitrogens is 2. The molecule has 1 aromatic heterocycles. The Kier molecular flexibility index (Phi) is 5.99. The zero-order valence-electron chi connectivity index (χ0n) is 14.4. The smallest absolute Gasteiger partial charge is 0.325 e. The van der Waals surface area contributed by atoms with Gasteiger partial charge in [-0.05, 0) is 24.1 Å². The van der Waals surface area contributed by atoms with Gasteiger partial charge in [-0.15, -0.1) is 0 Å². The summed E-state index contributed by atoms with van der Waals surface area (Å²) >= 11 is 0. The first-order valence-electron chi connectivity index (χ1n) is 7.70. The maximum Gasteiger partial charge on any atom is 0.325 e. The molecule has 0 bridgehead atoms. The van der Waals surface area contributed by atoms with Crippen LogP contribution in [0.25, 0.3) is 0 Å². The highest BCUT2D eigenvalue weighted by Crippen LogP contribution is 2.28. The van der Waals surface area contributed by atoms with Gasteiger partial charge in [-0.1, -0.05) is 13.0 Å². The summed E-state index contributed by atoms with van der Waals surface area (Å²) in [6.45, 7) is 1.55. The molecule has 2 N–H and O–H groups in total. The number of ether oxygens (including phenoxy) is 2. The number of methoxy groups -OCH3 is 2. The van der Waals surface area contributed by atoms with E-state index in [1.807, 2.05) is 12.1 Å². The van der Waals surface area contributed by atoms with Gasteiger partial charge in [-0.3, -0.25) is 14.3 Å². The quantitative estimate of drug-likeness (QED) is 0.755. The second-order valence-electron chi connectivity index (χ2n) is 5.58. The van der Waals surface area contributed by atoms with E-state index >= 15 is 0 Å². The molecule has 0 saturated carbocycles. The number of carbonyl (C=O) groups is 2.